The first-order valence-electron chi connectivity index (χ1n) is 27.8. The number of epoxide rings is 1. The largest absolute Gasteiger partial charge is 0.463 e. The number of aromatic nitrogens is 2. The van der Waals surface area contributed by atoms with Crippen molar-refractivity contribution in [1.29, 1.82) is 0 Å². The number of hydrogen-bond acceptors (Lipinski definition) is 12. The number of allylic oxidation sites excluding steroid dienone is 3. The number of carbonyl (C=O) groups is 3. The molecule has 14 heteroatoms. The summed E-state index contributed by atoms with van der Waals surface area (Å²) in [5.74, 6) is 1.74. The Kier molecular flexibility index (Phi) is 15.3. The van der Waals surface area contributed by atoms with Crippen molar-refractivity contribution in [3.63, 3.8) is 0 Å². The maximum atomic E-state index is 15.8. The molecule has 3 fully saturated rings. The Morgan fingerprint density at radius 1 is 0.986 bits per heavy atom. The second-order valence-electron chi connectivity index (χ2n) is 23.2. The van der Waals surface area contributed by atoms with Gasteiger partial charge in [0.25, 0.3) is 5.60 Å². The summed E-state index contributed by atoms with van der Waals surface area (Å²) in [5.41, 5.74) is 7.02. The third-order valence-corrected chi connectivity index (χ3v) is 17.9. The molecule has 5 heterocycles. The lowest BCUT2D eigenvalue weighted by molar-refractivity contribution is -0.150. The number of aliphatic imine (C=N–C) groups is 1. The van der Waals surface area contributed by atoms with Gasteiger partial charge < -0.3 is 41.8 Å². The topological polar surface area (TPSA) is 197 Å². The Morgan fingerprint density at radius 2 is 1.84 bits per heavy atom. The van der Waals surface area contributed by atoms with Crippen LogP contribution in [-0.4, -0.2) is 91.2 Å². The standard InChI is InChI=1S/C60H79N9O5/c1-39(32-58(25-12-27-65-56(63-4)69-58)46-23-28-64-51(31-46)68-38-62-3)22-26-59-53(70)47-19-11-18-44-34-57(2,33-41-20-21-50(61)67-36-41)24-9-8-15-42-16-10-17-43-30-49(66-35-40-13-6-5-7-14-40)45(29-48(42)43)37-73-55(72)60(59,74-59)54(71)52(44)47/h10-11,17-23,28,30-31,36,40,42,45,48-49,62,66H,5-9,12-16,24-27,29,32-35,37-38H2,1-4H3,(H2,61,67)(H,64,68)(H2,63,65,69). The lowest BCUT2D eigenvalue weighted by atomic mass is 9.67. The Labute approximate surface area is 438 Å². The van der Waals surface area contributed by atoms with Crippen LogP contribution in [0.5, 0.6) is 0 Å². The van der Waals surface area contributed by atoms with E-state index >= 15 is 14.4 Å². The minimum Gasteiger partial charge on any atom is -0.463 e. The summed E-state index contributed by atoms with van der Waals surface area (Å²) >= 11 is 0. The van der Waals surface area contributed by atoms with E-state index in [0.717, 1.165) is 92.5 Å². The van der Waals surface area contributed by atoms with Crippen LogP contribution >= 0.6 is 0 Å². The highest BCUT2D eigenvalue weighted by Crippen LogP contribution is 2.60. The number of pyridine rings is 2. The van der Waals surface area contributed by atoms with Gasteiger partial charge in [-0.1, -0.05) is 93.2 Å². The average Bonchev–Trinajstić information content (AvgIpc) is 4.17. The van der Waals surface area contributed by atoms with Gasteiger partial charge in [0.05, 0.1) is 18.8 Å². The van der Waals surface area contributed by atoms with E-state index in [0.29, 0.717) is 61.0 Å². The molecule has 10 rings (SSSR count). The van der Waals surface area contributed by atoms with Crippen molar-refractivity contribution < 1.29 is 23.9 Å². The number of nitrogens with one attached hydrogen (secondary N) is 5. The van der Waals surface area contributed by atoms with Crippen molar-refractivity contribution in [3.05, 3.63) is 118 Å². The predicted molar refractivity (Wildman–Crippen MR) is 291 cm³/mol. The summed E-state index contributed by atoms with van der Waals surface area (Å²) in [5, 5.41) is 17.6. The quantitative estimate of drug-likeness (QED) is 0.0313. The number of hydrogen-bond donors (Lipinski definition) is 6. The van der Waals surface area contributed by atoms with Crippen molar-refractivity contribution in [1.82, 2.24) is 31.2 Å². The van der Waals surface area contributed by atoms with Crippen LogP contribution in [0.1, 0.15) is 148 Å². The van der Waals surface area contributed by atoms with Crippen molar-refractivity contribution in [2.75, 3.05) is 51.5 Å². The molecule has 0 radical (unpaired) electrons. The summed E-state index contributed by atoms with van der Waals surface area (Å²) in [6, 6.07) is 13.6. The molecule has 74 heavy (non-hydrogen) atoms. The van der Waals surface area contributed by atoms with Crippen LogP contribution in [0.15, 0.2) is 95.3 Å². The Balaban J connectivity index is 1.02. The molecule has 0 amide bonds. The van der Waals surface area contributed by atoms with Crippen molar-refractivity contribution in [2.45, 2.75) is 146 Å². The lowest BCUT2D eigenvalue weighted by Crippen LogP contribution is -2.52. The summed E-state index contributed by atoms with van der Waals surface area (Å²) in [6.45, 7) is 6.69. The first kappa shape index (κ1) is 51.8. The van der Waals surface area contributed by atoms with Crippen LogP contribution in [0.3, 0.4) is 0 Å². The molecule has 2 saturated heterocycles. The predicted octanol–water partition coefficient (Wildman–Crippen LogP) is 8.70. The van der Waals surface area contributed by atoms with Crippen LogP contribution in [0.2, 0.25) is 0 Å². The van der Waals surface area contributed by atoms with Crippen molar-refractivity contribution >= 4 is 35.1 Å². The molecule has 2 aromatic heterocycles. The van der Waals surface area contributed by atoms with Gasteiger partial charge in [-0.05, 0) is 155 Å². The van der Waals surface area contributed by atoms with Gasteiger partial charge >= 0.3 is 5.97 Å². The van der Waals surface area contributed by atoms with Gasteiger partial charge in [0.15, 0.2) is 17.3 Å². The van der Waals surface area contributed by atoms with E-state index in [9.17, 15) is 0 Å². The molecule has 1 saturated carbocycles. The van der Waals surface area contributed by atoms with Crippen LogP contribution in [0.25, 0.3) is 0 Å². The molecule has 4 aliphatic carbocycles. The highest BCUT2D eigenvalue weighted by Gasteiger charge is 2.85. The van der Waals surface area contributed by atoms with Crippen molar-refractivity contribution in [2.24, 2.45) is 34.1 Å². The molecule has 1 spiro atoms. The number of esters is 1. The minimum atomic E-state index is -2.13. The number of ether oxygens (including phenoxy) is 2. The van der Waals surface area contributed by atoms with E-state index in [1.165, 1.54) is 37.7 Å². The lowest BCUT2D eigenvalue weighted by Gasteiger charge is -2.41. The van der Waals surface area contributed by atoms with E-state index in [1.807, 2.05) is 55.8 Å². The van der Waals surface area contributed by atoms with Crippen LogP contribution in [0.4, 0.5) is 11.6 Å². The molecular formula is C60H79N9O5. The van der Waals surface area contributed by atoms with Crippen LogP contribution in [-0.2, 0) is 32.6 Å². The highest BCUT2D eigenvalue weighted by molar-refractivity contribution is 6.33. The number of nitrogen functional groups attached to an aromatic ring is 1. The molecule has 7 N–H and O–H groups in total. The zero-order valence-corrected chi connectivity index (χ0v) is 44.2. The number of nitrogens with two attached hydrogens (primary N) is 1. The second-order valence-corrected chi connectivity index (χ2v) is 23.2. The smallest absolute Gasteiger partial charge is 0.350 e. The highest BCUT2D eigenvalue weighted by atomic mass is 16.7. The number of cyclic esters (lactones) is 1. The van der Waals surface area contributed by atoms with Gasteiger partial charge in [0.2, 0.25) is 5.78 Å². The molecule has 4 bridgehead atoms. The van der Waals surface area contributed by atoms with Gasteiger partial charge in [-0.2, -0.15) is 0 Å². The minimum absolute atomic E-state index is 0.00271. The molecule has 394 valence electrons. The number of ketones is 2. The fourth-order valence-electron chi connectivity index (χ4n) is 13.9. The van der Waals surface area contributed by atoms with Gasteiger partial charge in [0, 0.05) is 55.5 Å². The normalized spacial score (nSPS) is 32.0. The van der Waals surface area contributed by atoms with E-state index in [2.05, 4.69) is 79.7 Å². The molecule has 8 atom stereocenters. The second kappa shape index (κ2) is 21.9. The molecule has 3 aromatic rings. The number of carbonyl (C=O) groups excluding carboxylic acids is 3. The number of guanidine groups is 1. The SMILES string of the molecule is CN=C1NCCCC(CC(C)=CCC23OC24C(=O)OCC2CC5C(=CC2NCC2CCCCC2)C=CCC5CCCCC(C)(Cc2ccc(N)nc2)Cc2cccc(c2C4=O)C3=O)(c2ccnc(NCNC)c2)N1. The first-order valence-corrected chi connectivity index (χ1v) is 27.8. The summed E-state index contributed by atoms with van der Waals surface area (Å²) < 4.78 is 13.2. The average molecular weight is 1010 g/mol. The van der Waals surface area contributed by atoms with Gasteiger partial charge in [-0.25, -0.2) is 14.8 Å². The summed E-state index contributed by atoms with van der Waals surface area (Å²) in [6.07, 6.45) is 28.5. The van der Waals surface area contributed by atoms with Crippen LogP contribution in [0, 0.1) is 29.1 Å². The Bertz CT molecular complexity index is 2690. The van der Waals surface area contributed by atoms with E-state index in [4.69, 9.17) is 15.2 Å². The molecule has 8 unspecified atom stereocenters. The number of rotatable bonds is 13. The number of fused-ring (bicyclic) bond motifs is 1. The van der Waals surface area contributed by atoms with Gasteiger partial charge in [-0.3, -0.25) is 14.6 Å². The number of benzene rings is 1. The fourth-order valence-corrected chi connectivity index (χ4v) is 13.9. The molecule has 3 aliphatic heterocycles. The third-order valence-electron chi connectivity index (χ3n) is 17.9. The summed E-state index contributed by atoms with van der Waals surface area (Å²) in [4.78, 5) is 60.3. The Hall–Kier alpha value is -5.70. The molecule has 14 nitrogen and oxygen atoms in total. The van der Waals surface area contributed by atoms with E-state index < -0.39 is 28.5 Å². The molecule has 1 aromatic carbocycles. The number of nitrogens with zero attached hydrogens (tertiary/aromatic N) is 3. The fraction of sp³-hybridized carbons (Fsp3) is 0.567. The van der Waals surface area contributed by atoms with Crippen molar-refractivity contribution in [3.8, 4) is 0 Å². The van der Waals surface area contributed by atoms with Gasteiger partial charge in [-0.15, -0.1) is 0 Å². The number of anilines is 2. The van der Waals surface area contributed by atoms with E-state index in [-0.39, 0.29) is 41.7 Å². The zero-order valence-electron chi connectivity index (χ0n) is 44.2. The summed E-state index contributed by atoms with van der Waals surface area (Å²) in [7, 11) is 3.65. The zero-order chi connectivity index (χ0) is 51.5. The molecule has 7 aliphatic rings. The number of Topliss-reactive ketones (excluding diaryl/α,β-unsaturated/α-hetero) is 2. The maximum Gasteiger partial charge on any atom is 0.350 e. The van der Waals surface area contributed by atoms with E-state index in [1.54, 1.807) is 13.1 Å². The van der Waals surface area contributed by atoms with Crippen LogP contribution < -0.4 is 32.3 Å². The monoisotopic (exact) mass is 1010 g/mol. The third kappa shape index (κ3) is 10.3. The van der Waals surface area contributed by atoms with Gasteiger partial charge in [0.1, 0.15) is 11.6 Å². The maximum absolute atomic E-state index is 15.8. The molecular weight excluding hydrogens is 927 g/mol. The Morgan fingerprint density at radius 3 is 2.65 bits per heavy atom. The first-order chi connectivity index (χ1) is 35.9.